The number of nitrogens with zero attached hydrogens (tertiary/aromatic N) is 1. The summed E-state index contributed by atoms with van der Waals surface area (Å²) in [5.41, 5.74) is 13.7. The lowest BCUT2D eigenvalue weighted by Crippen LogP contribution is -2.06. The standard InChI is InChI=1S/C42H38N2/c1-4-10-31(11-5-1)38-26-36(27-39(38)32-12-6-2-7-13-32)37-24-29-16-17-30-19-21-34(23-22-33(37)20-18-29)40(25-30)42-43-28-41(44-42)35-14-8-3-9-15-35/h1-15,18-21,24-25,28,36,38-39H,16-17,22-23,26-27H2,(H,43,44). The molecular weight excluding hydrogens is 532 g/mol. The predicted octanol–water partition coefficient (Wildman–Crippen LogP) is 10.1. The first kappa shape index (κ1) is 26.9. The molecule has 4 bridgehead atoms. The third-order valence-corrected chi connectivity index (χ3v) is 10.1. The lowest BCUT2D eigenvalue weighted by atomic mass is 9.84. The maximum atomic E-state index is 4.87. The first-order valence-electron chi connectivity index (χ1n) is 16.2. The molecule has 0 amide bonds. The first-order chi connectivity index (χ1) is 21.8. The number of rotatable bonds is 5. The largest absolute Gasteiger partial charge is 0.338 e. The smallest absolute Gasteiger partial charge is 0.138 e. The van der Waals surface area contributed by atoms with Crippen LogP contribution in [0.25, 0.3) is 22.6 Å². The van der Waals surface area contributed by atoms with Gasteiger partial charge < -0.3 is 4.98 Å². The Hall–Kier alpha value is -4.69. The van der Waals surface area contributed by atoms with Crippen molar-refractivity contribution in [2.45, 2.75) is 56.3 Å². The number of imidazole rings is 1. The van der Waals surface area contributed by atoms with E-state index < -0.39 is 0 Å². The predicted molar refractivity (Wildman–Crippen MR) is 181 cm³/mol. The Morgan fingerprint density at radius 2 is 1.11 bits per heavy atom. The Kier molecular flexibility index (Phi) is 7.20. The molecule has 1 fully saturated rings. The number of aromatic amines is 1. The zero-order valence-corrected chi connectivity index (χ0v) is 25.1. The van der Waals surface area contributed by atoms with Crippen molar-refractivity contribution >= 4 is 0 Å². The van der Waals surface area contributed by atoms with Crippen LogP contribution in [0.2, 0.25) is 0 Å². The van der Waals surface area contributed by atoms with Crippen LogP contribution in [0.5, 0.6) is 0 Å². The summed E-state index contributed by atoms with van der Waals surface area (Å²) in [6.45, 7) is 0. The van der Waals surface area contributed by atoms with Crippen molar-refractivity contribution in [1.82, 2.24) is 9.97 Å². The number of hydrogen-bond acceptors (Lipinski definition) is 1. The Labute approximate surface area is 260 Å². The summed E-state index contributed by atoms with van der Waals surface area (Å²) in [5.74, 6) is 2.60. The van der Waals surface area contributed by atoms with Crippen LogP contribution in [0.3, 0.4) is 0 Å². The zero-order valence-electron chi connectivity index (χ0n) is 25.1. The van der Waals surface area contributed by atoms with E-state index in [0.29, 0.717) is 17.8 Å². The van der Waals surface area contributed by atoms with Crippen LogP contribution in [0.4, 0.5) is 0 Å². The van der Waals surface area contributed by atoms with E-state index in [4.69, 9.17) is 4.98 Å². The van der Waals surface area contributed by atoms with Gasteiger partial charge in [0, 0.05) is 5.56 Å². The van der Waals surface area contributed by atoms with Crippen LogP contribution in [-0.2, 0) is 25.7 Å². The number of nitrogens with one attached hydrogen (secondary N) is 1. The maximum Gasteiger partial charge on any atom is 0.138 e. The molecule has 1 heterocycles. The van der Waals surface area contributed by atoms with Gasteiger partial charge in [-0.25, -0.2) is 4.98 Å². The number of aromatic nitrogens is 2. The van der Waals surface area contributed by atoms with E-state index in [1.807, 2.05) is 6.20 Å². The molecule has 2 heteroatoms. The van der Waals surface area contributed by atoms with E-state index >= 15 is 0 Å². The van der Waals surface area contributed by atoms with Gasteiger partial charge in [0.2, 0.25) is 0 Å². The average molecular weight is 571 g/mol. The molecule has 44 heavy (non-hydrogen) atoms. The second kappa shape index (κ2) is 11.8. The van der Waals surface area contributed by atoms with E-state index in [1.165, 1.54) is 57.3 Å². The van der Waals surface area contributed by atoms with Gasteiger partial charge in [0.25, 0.3) is 0 Å². The first-order valence-corrected chi connectivity index (χ1v) is 16.2. The molecule has 11 rings (SSSR count). The monoisotopic (exact) mass is 570 g/mol. The van der Waals surface area contributed by atoms with Gasteiger partial charge in [-0.1, -0.05) is 121 Å². The molecule has 0 radical (unpaired) electrons. The molecule has 2 nitrogen and oxygen atoms in total. The fraction of sp³-hybridized carbons (Fsp3) is 0.214. The lowest BCUT2D eigenvalue weighted by molar-refractivity contribution is 0.624. The van der Waals surface area contributed by atoms with Crippen LogP contribution in [0, 0.1) is 0 Å². The van der Waals surface area contributed by atoms with Crippen molar-refractivity contribution in [1.29, 1.82) is 0 Å². The molecule has 5 aliphatic carbocycles. The summed E-state index contributed by atoms with van der Waals surface area (Å²) in [4.78, 5) is 8.51. The second-order valence-corrected chi connectivity index (χ2v) is 12.7. The van der Waals surface area contributed by atoms with Crippen LogP contribution in [-0.4, -0.2) is 9.97 Å². The SMILES string of the molecule is c1ccc(-c2cnc(-c3cc4ccc3CCc3ccc(cc3C3CC(c5ccccc5)C(c5ccccc5)C3)CC4)[nH]2)cc1. The topological polar surface area (TPSA) is 28.7 Å². The lowest BCUT2D eigenvalue weighted by Gasteiger charge is -2.20. The van der Waals surface area contributed by atoms with Crippen LogP contribution < -0.4 is 0 Å². The van der Waals surface area contributed by atoms with Gasteiger partial charge in [0.15, 0.2) is 0 Å². The summed E-state index contributed by atoms with van der Waals surface area (Å²) < 4.78 is 0. The van der Waals surface area contributed by atoms with Gasteiger partial charge in [-0.15, -0.1) is 0 Å². The van der Waals surface area contributed by atoms with Gasteiger partial charge in [0.05, 0.1) is 11.9 Å². The Bertz CT molecular complexity index is 1820. The highest BCUT2D eigenvalue weighted by molar-refractivity contribution is 5.67. The number of H-pyrrole nitrogens is 1. The van der Waals surface area contributed by atoms with Crippen molar-refractivity contribution in [3.05, 3.63) is 173 Å². The Morgan fingerprint density at radius 3 is 1.77 bits per heavy atom. The normalized spacial score (nSPS) is 19.5. The number of hydrogen-bond donors (Lipinski definition) is 1. The maximum absolute atomic E-state index is 4.87. The molecule has 1 saturated carbocycles. The van der Waals surface area contributed by atoms with E-state index in [-0.39, 0.29) is 0 Å². The molecule has 0 aliphatic heterocycles. The van der Waals surface area contributed by atoms with Crippen molar-refractivity contribution in [2.24, 2.45) is 0 Å². The van der Waals surface area contributed by atoms with Crippen LogP contribution >= 0.6 is 0 Å². The molecule has 2 atom stereocenters. The molecule has 2 unspecified atom stereocenters. The van der Waals surface area contributed by atoms with Gasteiger partial charge in [-0.3, -0.25) is 0 Å². The zero-order chi connectivity index (χ0) is 29.3. The molecular formula is C42H38N2. The molecule has 1 aromatic heterocycles. The van der Waals surface area contributed by atoms with Crippen LogP contribution in [0.15, 0.2) is 134 Å². The number of aryl methyl sites for hydroxylation is 4. The highest BCUT2D eigenvalue weighted by Gasteiger charge is 2.37. The highest BCUT2D eigenvalue weighted by Crippen LogP contribution is 2.53. The summed E-state index contributed by atoms with van der Waals surface area (Å²) in [6.07, 6.45) is 8.50. The minimum atomic E-state index is 0.537. The fourth-order valence-electron chi connectivity index (χ4n) is 7.83. The highest BCUT2D eigenvalue weighted by atomic mass is 14.9. The van der Waals surface area contributed by atoms with Crippen LogP contribution in [0.1, 0.15) is 69.5 Å². The third-order valence-electron chi connectivity index (χ3n) is 10.1. The quantitative estimate of drug-likeness (QED) is 0.219. The van der Waals surface area contributed by atoms with Crippen molar-refractivity contribution in [2.75, 3.05) is 0 Å². The van der Waals surface area contributed by atoms with Crippen molar-refractivity contribution in [3.63, 3.8) is 0 Å². The van der Waals surface area contributed by atoms with Gasteiger partial charge in [-0.05, 0) is 107 Å². The molecule has 5 aromatic carbocycles. The summed E-state index contributed by atoms with van der Waals surface area (Å²) in [6, 6.07) is 47.5. The van der Waals surface area contributed by atoms with E-state index in [9.17, 15) is 0 Å². The second-order valence-electron chi connectivity index (χ2n) is 12.7. The minimum absolute atomic E-state index is 0.537. The van der Waals surface area contributed by atoms with E-state index in [1.54, 1.807) is 5.56 Å². The van der Waals surface area contributed by atoms with E-state index in [2.05, 4.69) is 132 Å². The van der Waals surface area contributed by atoms with Crippen molar-refractivity contribution < 1.29 is 0 Å². The molecule has 0 saturated heterocycles. The molecule has 5 aliphatic rings. The molecule has 216 valence electrons. The van der Waals surface area contributed by atoms with Gasteiger partial charge in [0.1, 0.15) is 5.82 Å². The minimum Gasteiger partial charge on any atom is -0.338 e. The molecule has 0 spiro atoms. The Balaban J connectivity index is 1.12. The van der Waals surface area contributed by atoms with Gasteiger partial charge >= 0.3 is 0 Å². The summed E-state index contributed by atoms with van der Waals surface area (Å²) in [7, 11) is 0. The Morgan fingerprint density at radius 1 is 0.545 bits per heavy atom. The average Bonchev–Trinajstić information content (AvgIpc) is 3.76. The fourth-order valence-corrected chi connectivity index (χ4v) is 7.83. The number of benzene rings is 5. The summed E-state index contributed by atoms with van der Waals surface area (Å²) >= 11 is 0. The van der Waals surface area contributed by atoms with E-state index in [0.717, 1.165) is 37.2 Å². The summed E-state index contributed by atoms with van der Waals surface area (Å²) in [5, 5.41) is 0. The van der Waals surface area contributed by atoms with Crippen molar-refractivity contribution in [3.8, 4) is 22.6 Å². The third kappa shape index (κ3) is 5.30. The molecule has 6 aromatic rings. The van der Waals surface area contributed by atoms with Gasteiger partial charge in [-0.2, -0.15) is 0 Å². The molecule has 1 N–H and O–H groups in total.